The summed E-state index contributed by atoms with van der Waals surface area (Å²) in [4.78, 5) is 11.2. The number of rotatable bonds is 7. The first-order valence-corrected chi connectivity index (χ1v) is 6.52. The number of carbonyl (C=O) groups is 1. The molecule has 0 fully saturated rings. The van der Waals surface area contributed by atoms with E-state index in [0.29, 0.717) is 11.8 Å². The second-order valence-corrected chi connectivity index (χ2v) is 4.72. The van der Waals surface area contributed by atoms with Gasteiger partial charge in [0, 0.05) is 6.04 Å². The number of likely N-dealkylation sites (N-methyl/N-ethyl adjacent to an activating group) is 1. The predicted molar refractivity (Wildman–Crippen MR) is 73.2 cm³/mol. The molecule has 0 aliphatic rings. The van der Waals surface area contributed by atoms with Crippen LogP contribution >= 0.6 is 0 Å². The van der Waals surface area contributed by atoms with Crippen LogP contribution in [0.3, 0.4) is 0 Å². The monoisotopic (exact) mass is 304 g/mol. The average Bonchev–Trinajstić information content (AvgIpc) is 2.43. The largest absolute Gasteiger partial charge is 0.484 e. The van der Waals surface area contributed by atoms with E-state index in [-0.39, 0.29) is 0 Å². The summed E-state index contributed by atoms with van der Waals surface area (Å²) in [6.07, 6.45) is -3.57. The van der Waals surface area contributed by atoms with E-state index >= 15 is 0 Å². The second kappa shape index (κ2) is 7.87. The number of hydrogen-bond acceptors (Lipinski definition) is 3. The highest BCUT2D eigenvalue weighted by Gasteiger charge is 2.27. The summed E-state index contributed by atoms with van der Waals surface area (Å²) in [6.45, 7) is 0.258. The molecule has 4 nitrogen and oxygen atoms in total. The summed E-state index contributed by atoms with van der Waals surface area (Å²) >= 11 is 0. The first kappa shape index (κ1) is 17.3. The molecule has 0 radical (unpaired) electrons. The highest BCUT2D eigenvalue weighted by atomic mass is 19.4. The number of halogens is 3. The van der Waals surface area contributed by atoms with Gasteiger partial charge in [0.15, 0.2) is 6.61 Å². The van der Waals surface area contributed by atoms with Crippen LogP contribution in [0.15, 0.2) is 24.3 Å². The third-order valence-corrected chi connectivity index (χ3v) is 2.81. The van der Waals surface area contributed by atoms with Crippen LogP contribution in [0.5, 0.6) is 5.75 Å². The topological polar surface area (TPSA) is 50.4 Å². The maximum Gasteiger partial charge on any atom is 0.405 e. The summed E-state index contributed by atoms with van der Waals surface area (Å²) in [5.41, 5.74) is 1.10. The summed E-state index contributed by atoms with van der Waals surface area (Å²) in [5, 5.41) is 4.86. The third kappa shape index (κ3) is 7.55. The molecule has 1 unspecified atom stereocenters. The maximum atomic E-state index is 11.9. The van der Waals surface area contributed by atoms with Gasteiger partial charge in [-0.05, 0) is 38.1 Å². The van der Waals surface area contributed by atoms with Gasteiger partial charge in [-0.2, -0.15) is 13.2 Å². The van der Waals surface area contributed by atoms with Crippen LogP contribution in [0.1, 0.15) is 12.5 Å². The lowest BCUT2D eigenvalue weighted by Crippen LogP contribution is -2.36. The zero-order chi connectivity index (χ0) is 15.9. The average molecular weight is 304 g/mol. The third-order valence-electron chi connectivity index (χ3n) is 2.81. The number of hydrogen-bond donors (Lipinski definition) is 2. The van der Waals surface area contributed by atoms with Gasteiger partial charge in [0.1, 0.15) is 12.3 Å². The second-order valence-electron chi connectivity index (χ2n) is 4.72. The number of amides is 1. The molecule has 0 aliphatic carbocycles. The van der Waals surface area contributed by atoms with E-state index in [2.05, 4.69) is 12.2 Å². The molecule has 0 saturated heterocycles. The molecule has 1 rings (SSSR count). The van der Waals surface area contributed by atoms with Gasteiger partial charge >= 0.3 is 6.18 Å². The Morgan fingerprint density at radius 2 is 1.90 bits per heavy atom. The number of carbonyl (C=O) groups excluding carboxylic acids is 1. The van der Waals surface area contributed by atoms with Gasteiger partial charge in [0.25, 0.3) is 5.91 Å². The molecule has 0 heterocycles. The standard InChI is InChI=1S/C14H19F3N2O2/c1-10(18-2)7-11-3-5-12(6-4-11)21-8-13(20)19-9-14(15,16)17/h3-6,10,18H,7-9H2,1-2H3,(H,19,20). The summed E-state index contributed by atoms with van der Waals surface area (Å²) < 4.78 is 40.8. The Bertz CT molecular complexity index is 447. The van der Waals surface area contributed by atoms with Crippen molar-refractivity contribution in [3.05, 3.63) is 29.8 Å². The quantitative estimate of drug-likeness (QED) is 0.809. The molecule has 7 heteroatoms. The highest BCUT2D eigenvalue weighted by Crippen LogP contribution is 2.14. The Labute approximate surface area is 121 Å². The molecule has 1 aromatic rings. The lowest BCUT2D eigenvalue weighted by Gasteiger charge is -2.11. The molecule has 0 spiro atoms. The van der Waals surface area contributed by atoms with E-state index in [1.165, 1.54) is 0 Å². The van der Waals surface area contributed by atoms with Gasteiger partial charge < -0.3 is 15.4 Å². The van der Waals surface area contributed by atoms with Crippen LogP contribution in [-0.2, 0) is 11.2 Å². The number of nitrogens with one attached hydrogen (secondary N) is 2. The molecular weight excluding hydrogens is 285 g/mol. The lowest BCUT2D eigenvalue weighted by atomic mass is 10.1. The molecule has 2 N–H and O–H groups in total. The van der Waals surface area contributed by atoms with E-state index in [1.807, 2.05) is 19.2 Å². The van der Waals surface area contributed by atoms with Crippen LogP contribution in [0.2, 0.25) is 0 Å². The van der Waals surface area contributed by atoms with E-state index in [1.54, 1.807) is 17.4 Å². The molecule has 0 saturated carbocycles. The molecule has 21 heavy (non-hydrogen) atoms. The maximum absolute atomic E-state index is 11.9. The van der Waals surface area contributed by atoms with Crippen molar-refractivity contribution in [2.45, 2.75) is 25.6 Å². The van der Waals surface area contributed by atoms with Gasteiger partial charge in [-0.3, -0.25) is 4.79 Å². The van der Waals surface area contributed by atoms with Crippen LogP contribution in [0, 0.1) is 0 Å². The minimum atomic E-state index is -4.42. The van der Waals surface area contributed by atoms with Crippen molar-refractivity contribution in [3.8, 4) is 5.75 Å². The Hall–Kier alpha value is -1.76. The number of ether oxygens (including phenoxy) is 1. The van der Waals surface area contributed by atoms with Gasteiger partial charge in [0.05, 0.1) is 0 Å². The normalized spacial score (nSPS) is 12.8. The van der Waals surface area contributed by atoms with Gasteiger partial charge in [-0.15, -0.1) is 0 Å². The van der Waals surface area contributed by atoms with E-state index in [4.69, 9.17) is 4.74 Å². The van der Waals surface area contributed by atoms with Crippen molar-refractivity contribution >= 4 is 5.91 Å². The fraction of sp³-hybridized carbons (Fsp3) is 0.500. The first-order chi connectivity index (χ1) is 9.80. The fourth-order valence-corrected chi connectivity index (χ4v) is 1.58. The van der Waals surface area contributed by atoms with Crippen molar-refractivity contribution in [2.24, 2.45) is 0 Å². The van der Waals surface area contributed by atoms with Gasteiger partial charge in [-0.25, -0.2) is 0 Å². The Morgan fingerprint density at radius 1 is 1.29 bits per heavy atom. The fourth-order valence-electron chi connectivity index (χ4n) is 1.58. The van der Waals surface area contributed by atoms with Crippen molar-refractivity contribution in [3.63, 3.8) is 0 Å². The first-order valence-electron chi connectivity index (χ1n) is 6.52. The Kier molecular flexibility index (Phi) is 6.48. The molecule has 0 aromatic heterocycles. The highest BCUT2D eigenvalue weighted by molar-refractivity contribution is 5.77. The Balaban J connectivity index is 2.37. The summed E-state index contributed by atoms with van der Waals surface area (Å²) in [6, 6.07) is 7.43. The summed E-state index contributed by atoms with van der Waals surface area (Å²) in [7, 11) is 1.88. The Morgan fingerprint density at radius 3 is 2.43 bits per heavy atom. The molecule has 0 bridgehead atoms. The molecule has 118 valence electrons. The SMILES string of the molecule is CNC(C)Cc1ccc(OCC(=O)NCC(F)(F)F)cc1. The van der Waals surface area contributed by atoms with Crippen LogP contribution in [0.4, 0.5) is 13.2 Å². The smallest absolute Gasteiger partial charge is 0.405 e. The summed E-state index contributed by atoms with van der Waals surface area (Å²) in [5.74, 6) is -0.363. The van der Waals surface area contributed by atoms with Crippen LogP contribution < -0.4 is 15.4 Å². The van der Waals surface area contributed by atoms with Crippen LogP contribution in [-0.4, -0.2) is 38.3 Å². The van der Waals surface area contributed by atoms with Crippen molar-refractivity contribution < 1.29 is 22.7 Å². The zero-order valence-corrected chi connectivity index (χ0v) is 12.0. The van der Waals surface area contributed by atoms with E-state index < -0.39 is 25.2 Å². The van der Waals surface area contributed by atoms with Crippen molar-refractivity contribution in [1.82, 2.24) is 10.6 Å². The number of alkyl halides is 3. The number of benzene rings is 1. The molecular formula is C14H19F3N2O2. The van der Waals surface area contributed by atoms with Crippen LogP contribution in [0.25, 0.3) is 0 Å². The van der Waals surface area contributed by atoms with Gasteiger partial charge in [0.2, 0.25) is 0 Å². The molecule has 0 aliphatic heterocycles. The lowest BCUT2D eigenvalue weighted by molar-refractivity contribution is -0.139. The van der Waals surface area contributed by atoms with E-state index in [0.717, 1.165) is 12.0 Å². The predicted octanol–water partition coefficient (Wildman–Crippen LogP) is 1.89. The molecule has 1 amide bonds. The zero-order valence-electron chi connectivity index (χ0n) is 12.0. The minimum Gasteiger partial charge on any atom is -0.484 e. The van der Waals surface area contributed by atoms with Gasteiger partial charge in [-0.1, -0.05) is 12.1 Å². The molecule has 1 aromatic carbocycles. The molecule has 1 atom stereocenters. The van der Waals surface area contributed by atoms with Crippen molar-refractivity contribution in [2.75, 3.05) is 20.2 Å². The minimum absolute atomic E-state index is 0.338. The van der Waals surface area contributed by atoms with Crippen molar-refractivity contribution in [1.29, 1.82) is 0 Å². The van der Waals surface area contributed by atoms with E-state index in [9.17, 15) is 18.0 Å².